The highest BCUT2D eigenvalue weighted by atomic mass is 35.5. The summed E-state index contributed by atoms with van der Waals surface area (Å²) in [5, 5.41) is 4.36. The van der Waals surface area contributed by atoms with Crippen molar-refractivity contribution >= 4 is 23.5 Å². The number of nitrogens with one attached hydrogen (secondary N) is 1. The number of methoxy groups -OCH3 is 1. The van der Waals surface area contributed by atoms with Crippen molar-refractivity contribution in [2.45, 2.75) is 19.4 Å². The van der Waals surface area contributed by atoms with Gasteiger partial charge in [-0.1, -0.05) is 11.6 Å². The normalized spacial score (nSPS) is 11.0. The standard InChI is InChI=1S/C10H10ClF4N3O3/c1-21-5(20)2-16-4(19)3-18-8(10(14)15)6(11)7(17-18)9(12)13/h9-10H,2-3H2,1H3,(H,16,19). The summed E-state index contributed by atoms with van der Waals surface area (Å²) in [6.45, 7) is -1.28. The average Bonchev–Trinajstić information content (AvgIpc) is 2.72. The van der Waals surface area contributed by atoms with Crippen LogP contribution in [0.25, 0.3) is 0 Å². The lowest BCUT2D eigenvalue weighted by Gasteiger charge is -2.07. The number of nitrogens with zero attached hydrogens (tertiary/aromatic N) is 2. The second-order valence-corrected chi connectivity index (χ2v) is 4.07. The van der Waals surface area contributed by atoms with Gasteiger partial charge in [0.1, 0.15) is 24.5 Å². The van der Waals surface area contributed by atoms with E-state index in [0.29, 0.717) is 4.68 Å². The van der Waals surface area contributed by atoms with Crippen LogP contribution in [0.5, 0.6) is 0 Å². The van der Waals surface area contributed by atoms with E-state index in [0.717, 1.165) is 7.11 Å². The Labute approximate surface area is 121 Å². The Kier molecular flexibility index (Phi) is 5.94. The fourth-order valence-corrected chi connectivity index (χ4v) is 1.68. The average molecular weight is 332 g/mol. The molecule has 0 aromatic carbocycles. The van der Waals surface area contributed by atoms with Gasteiger partial charge in [-0.2, -0.15) is 5.10 Å². The van der Waals surface area contributed by atoms with Gasteiger partial charge in [0.15, 0.2) is 0 Å². The highest BCUT2D eigenvalue weighted by Gasteiger charge is 2.28. The second-order valence-electron chi connectivity index (χ2n) is 3.70. The first-order valence-corrected chi connectivity index (χ1v) is 5.81. The lowest BCUT2D eigenvalue weighted by molar-refractivity contribution is -0.141. The van der Waals surface area contributed by atoms with Crippen molar-refractivity contribution < 1.29 is 31.9 Å². The number of ether oxygens (including phenoxy) is 1. The zero-order valence-corrected chi connectivity index (χ0v) is 11.3. The maximum absolute atomic E-state index is 12.8. The fraction of sp³-hybridized carbons (Fsp3) is 0.500. The van der Waals surface area contributed by atoms with Crippen LogP contribution in [-0.4, -0.2) is 35.3 Å². The Morgan fingerprint density at radius 3 is 2.43 bits per heavy atom. The zero-order chi connectivity index (χ0) is 16.2. The molecule has 0 spiro atoms. The SMILES string of the molecule is COC(=O)CNC(=O)Cn1nc(C(F)F)c(Cl)c1C(F)F. The van der Waals surface area contributed by atoms with Gasteiger partial charge in [0, 0.05) is 0 Å². The molecular weight excluding hydrogens is 322 g/mol. The predicted octanol–water partition coefficient (Wildman–Crippen LogP) is 1.70. The van der Waals surface area contributed by atoms with Crippen LogP contribution < -0.4 is 5.32 Å². The third kappa shape index (κ3) is 4.31. The van der Waals surface area contributed by atoms with E-state index in [1.807, 2.05) is 0 Å². The van der Waals surface area contributed by atoms with Gasteiger partial charge in [0.05, 0.1) is 12.1 Å². The van der Waals surface area contributed by atoms with Gasteiger partial charge in [-0.05, 0) is 0 Å². The first-order chi connectivity index (χ1) is 9.77. The fourth-order valence-electron chi connectivity index (χ4n) is 1.38. The molecule has 1 aromatic heterocycles. The van der Waals surface area contributed by atoms with Gasteiger partial charge in [0.25, 0.3) is 12.9 Å². The summed E-state index contributed by atoms with van der Waals surface area (Å²) in [5.41, 5.74) is -2.02. The quantitative estimate of drug-likeness (QED) is 0.636. The minimum Gasteiger partial charge on any atom is -0.468 e. The topological polar surface area (TPSA) is 73.2 Å². The Morgan fingerprint density at radius 2 is 1.95 bits per heavy atom. The third-order valence-electron chi connectivity index (χ3n) is 2.32. The molecule has 0 saturated heterocycles. The van der Waals surface area contributed by atoms with Gasteiger partial charge >= 0.3 is 5.97 Å². The molecule has 11 heteroatoms. The van der Waals surface area contributed by atoms with E-state index in [4.69, 9.17) is 11.6 Å². The van der Waals surface area contributed by atoms with Gasteiger partial charge in [-0.15, -0.1) is 0 Å². The van der Waals surface area contributed by atoms with E-state index in [9.17, 15) is 27.2 Å². The van der Waals surface area contributed by atoms with Crippen molar-refractivity contribution in [3.8, 4) is 0 Å². The number of halogens is 5. The van der Waals surface area contributed by atoms with Crippen LogP contribution in [0.2, 0.25) is 5.02 Å². The number of rotatable bonds is 6. The van der Waals surface area contributed by atoms with Gasteiger partial charge < -0.3 is 10.1 Å². The molecule has 0 radical (unpaired) electrons. The van der Waals surface area contributed by atoms with Gasteiger partial charge in [-0.25, -0.2) is 17.6 Å². The molecule has 1 heterocycles. The predicted molar refractivity (Wildman–Crippen MR) is 62.2 cm³/mol. The number of hydrogen-bond acceptors (Lipinski definition) is 4. The first-order valence-electron chi connectivity index (χ1n) is 5.43. The van der Waals surface area contributed by atoms with E-state index < -0.39 is 54.2 Å². The molecule has 1 aromatic rings. The molecular formula is C10H10ClF4N3O3. The van der Waals surface area contributed by atoms with Crippen molar-refractivity contribution in [2.24, 2.45) is 0 Å². The van der Waals surface area contributed by atoms with Crippen molar-refractivity contribution in [1.29, 1.82) is 0 Å². The molecule has 0 unspecified atom stereocenters. The number of carbonyl (C=O) groups excluding carboxylic acids is 2. The van der Waals surface area contributed by atoms with Gasteiger partial charge in [0.2, 0.25) is 5.91 Å². The molecule has 1 rings (SSSR count). The van der Waals surface area contributed by atoms with E-state index in [1.54, 1.807) is 0 Å². The maximum Gasteiger partial charge on any atom is 0.325 e. The molecule has 0 fully saturated rings. The van der Waals surface area contributed by atoms with E-state index >= 15 is 0 Å². The highest BCUT2D eigenvalue weighted by molar-refractivity contribution is 6.32. The Bertz CT molecular complexity index is 536. The molecule has 21 heavy (non-hydrogen) atoms. The van der Waals surface area contributed by atoms with E-state index in [1.165, 1.54) is 0 Å². The van der Waals surface area contributed by atoms with Gasteiger partial charge in [-0.3, -0.25) is 14.3 Å². The molecule has 0 aliphatic rings. The molecule has 118 valence electrons. The van der Waals surface area contributed by atoms with Crippen molar-refractivity contribution in [2.75, 3.05) is 13.7 Å². The van der Waals surface area contributed by atoms with Crippen LogP contribution in [0.1, 0.15) is 24.2 Å². The summed E-state index contributed by atoms with van der Waals surface area (Å²) in [5.74, 6) is -1.65. The Balaban J connectivity index is 2.89. The molecule has 0 bridgehead atoms. The lowest BCUT2D eigenvalue weighted by atomic mass is 10.3. The Hall–Kier alpha value is -1.84. The summed E-state index contributed by atoms with van der Waals surface area (Å²) in [6, 6.07) is 0. The van der Waals surface area contributed by atoms with Crippen LogP contribution in [0.15, 0.2) is 0 Å². The number of esters is 1. The number of amides is 1. The highest BCUT2D eigenvalue weighted by Crippen LogP contribution is 2.34. The van der Waals surface area contributed by atoms with Crippen molar-refractivity contribution in [3.05, 3.63) is 16.4 Å². The minimum absolute atomic E-state index is 0.376. The lowest BCUT2D eigenvalue weighted by Crippen LogP contribution is -2.33. The number of hydrogen-bond donors (Lipinski definition) is 1. The van der Waals surface area contributed by atoms with Crippen LogP contribution in [0.4, 0.5) is 17.6 Å². The summed E-state index contributed by atoms with van der Waals surface area (Å²) in [4.78, 5) is 22.2. The minimum atomic E-state index is -3.19. The largest absolute Gasteiger partial charge is 0.468 e. The smallest absolute Gasteiger partial charge is 0.325 e. The Morgan fingerprint density at radius 1 is 1.33 bits per heavy atom. The van der Waals surface area contributed by atoms with E-state index in [2.05, 4.69) is 15.2 Å². The first kappa shape index (κ1) is 17.2. The number of aromatic nitrogens is 2. The molecule has 6 nitrogen and oxygen atoms in total. The summed E-state index contributed by atoms with van der Waals surface area (Å²) in [7, 11) is 1.09. The second kappa shape index (κ2) is 7.25. The molecule has 0 atom stereocenters. The number of carbonyl (C=O) groups is 2. The van der Waals surface area contributed by atoms with E-state index in [-0.39, 0.29) is 0 Å². The summed E-state index contributed by atoms with van der Waals surface area (Å²) in [6.07, 6.45) is -6.35. The van der Waals surface area contributed by atoms with Crippen LogP contribution in [0, 0.1) is 0 Å². The van der Waals surface area contributed by atoms with Crippen LogP contribution in [-0.2, 0) is 20.9 Å². The number of alkyl halides is 4. The van der Waals surface area contributed by atoms with Crippen molar-refractivity contribution in [3.63, 3.8) is 0 Å². The monoisotopic (exact) mass is 331 g/mol. The van der Waals surface area contributed by atoms with Crippen LogP contribution >= 0.6 is 11.6 Å². The maximum atomic E-state index is 12.8. The zero-order valence-electron chi connectivity index (χ0n) is 10.6. The van der Waals surface area contributed by atoms with Crippen molar-refractivity contribution in [1.82, 2.24) is 15.1 Å². The molecule has 0 aliphatic carbocycles. The van der Waals surface area contributed by atoms with Crippen LogP contribution in [0.3, 0.4) is 0 Å². The summed E-state index contributed by atoms with van der Waals surface area (Å²) >= 11 is 5.40. The molecule has 1 N–H and O–H groups in total. The molecule has 1 amide bonds. The third-order valence-corrected chi connectivity index (χ3v) is 2.71. The molecule has 0 saturated carbocycles. The molecule has 0 aliphatic heterocycles. The summed E-state index contributed by atoms with van der Waals surface area (Å²) < 4.78 is 55.3.